The van der Waals surface area contributed by atoms with Gasteiger partial charge >= 0.3 is 0 Å². The summed E-state index contributed by atoms with van der Waals surface area (Å²) in [6.45, 7) is 23.3. The summed E-state index contributed by atoms with van der Waals surface area (Å²) in [6.07, 6.45) is 1.90. The van der Waals surface area contributed by atoms with Crippen molar-refractivity contribution in [3.63, 3.8) is 0 Å². The molecule has 0 fully saturated rings. The van der Waals surface area contributed by atoms with Crippen LogP contribution in [0, 0.1) is 18.8 Å². The summed E-state index contributed by atoms with van der Waals surface area (Å²) in [6, 6.07) is 54.8. The van der Waals surface area contributed by atoms with E-state index in [-0.39, 0.29) is 37.3 Å². The molecule has 8 aromatic rings. The quantitative estimate of drug-likeness (QED) is 0.149. The topological polar surface area (TPSA) is 33.5 Å². The molecule has 0 bridgehead atoms. The number of hydrogen-bond donors (Lipinski definition) is 0. The van der Waals surface area contributed by atoms with Crippen LogP contribution in [0.15, 0.2) is 140 Å². The Kier molecular flexibility index (Phi) is 11.0. The van der Waals surface area contributed by atoms with Gasteiger partial charge < -0.3 is 19.1 Å². The van der Waals surface area contributed by atoms with Crippen LogP contribution in [0.4, 0.5) is 17.1 Å². The van der Waals surface area contributed by atoms with Gasteiger partial charge in [-0.3, -0.25) is 0 Å². The van der Waals surface area contributed by atoms with Gasteiger partial charge in [0.1, 0.15) is 5.82 Å². The number of fused-ring (bicyclic) bond motifs is 4. The van der Waals surface area contributed by atoms with Gasteiger partial charge in [-0.15, -0.1) is 41.4 Å². The standard InChI is InChI=1S/C55H53N4O.Pt/c1-53(2,3)39-25-28-48-50(31-39)58(36-57(48)35-38-19-15-23-46(55(7,8)9)52(38)37-17-11-10-12-18-37)41-20-16-21-42(33-41)60-43-26-27-45-44-22-13-14-24-47(44)59(49(45)34-43)51-32-40(29-30-56-51)54(4,5)6;/h10-32,36H,35H2,1-9H3;/q-3;. The first kappa shape index (κ1) is 42.1. The summed E-state index contributed by atoms with van der Waals surface area (Å²) < 4.78 is 8.85. The maximum absolute atomic E-state index is 6.65. The molecule has 0 amide bonds. The third kappa shape index (κ3) is 8.13. The van der Waals surface area contributed by atoms with E-state index in [0.717, 1.165) is 44.7 Å². The molecule has 2 aromatic heterocycles. The summed E-state index contributed by atoms with van der Waals surface area (Å²) in [5.74, 6) is 2.09. The zero-order valence-electron chi connectivity index (χ0n) is 36.6. The van der Waals surface area contributed by atoms with Crippen LogP contribution in [0.2, 0.25) is 0 Å². The second-order valence-electron chi connectivity index (χ2n) is 19.1. The molecule has 6 heteroatoms. The van der Waals surface area contributed by atoms with E-state index in [1.165, 1.54) is 33.4 Å². The van der Waals surface area contributed by atoms with Crippen molar-refractivity contribution >= 4 is 38.9 Å². The minimum absolute atomic E-state index is 0. The second-order valence-corrected chi connectivity index (χ2v) is 19.1. The van der Waals surface area contributed by atoms with Crippen molar-refractivity contribution in [3.05, 3.63) is 181 Å². The fraction of sp³-hybridized carbons (Fsp3) is 0.236. The fourth-order valence-corrected chi connectivity index (χ4v) is 8.43. The van der Waals surface area contributed by atoms with Crippen LogP contribution in [-0.2, 0) is 43.9 Å². The maximum Gasteiger partial charge on any atom is 0.135 e. The molecule has 312 valence electrons. The largest absolute Gasteiger partial charge is 0.509 e. The van der Waals surface area contributed by atoms with Gasteiger partial charge in [-0.1, -0.05) is 141 Å². The van der Waals surface area contributed by atoms with Gasteiger partial charge in [-0.25, -0.2) is 4.98 Å². The Bertz CT molecular complexity index is 2870. The van der Waals surface area contributed by atoms with Crippen LogP contribution in [0.5, 0.6) is 11.5 Å². The third-order valence-corrected chi connectivity index (χ3v) is 11.7. The predicted molar refractivity (Wildman–Crippen MR) is 250 cm³/mol. The van der Waals surface area contributed by atoms with E-state index in [1.54, 1.807) is 0 Å². The molecule has 0 aliphatic carbocycles. The fourth-order valence-electron chi connectivity index (χ4n) is 8.43. The molecule has 1 aliphatic heterocycles. The van der Waals surface area contributed by atoms with E-state index in [2.05, 4.69) is 211 Å². The van der Waals surface area contributed by atoms with Crippen molar-refractivity contribution in [2.75, 3.05) is 9.80 Å². The van der Waals surface area contributed by atoms with Crippen molar-refractivity contribution in [2.45, 2.75) is 85.1 Å². The molecular formula is C55H53N4OPt-3. The zero-order valence-corrected chi connectivity index (χ0v) is 38.8. The minimum atomic E-state index is -0.0242. The van der Waals surface area contributed by atoms with Crippen molar-refractivity contribution < 1.29 is 25.8 Å². The summed E-state index contributed by atoms with van der Waals surface area (Å²) in [5, 5.41) is 2.25. The first-order valence-electron chi connectivity index (χ1n) is 21.0. The molecule has 61 heavy (non-hydrogen) atoms. The Morgan fingerprint density at radius 3 is 2.07 bits per heavy atom. The van der Waals surface area contributed by atoms with Crippen molar-refractivity contribution in [2.24, 2.45) is 0 Å². The molecule has 9 rings (SSSR count). The zero-order chi connectivity index (χ0) is 42.0. The molecular weight excluding hydrogens is 928 g/mol. The van der Waals surface area contributed by atoms with Crippen molar-refractivity contribution in [1.29, 1.82) is 0 Å². The summed E-state index contributed by atoms with van der Waals surface area (Å²) >= 11 is 0. The van der Waals surface area contributed by atoms with Gasteiger partial charge in [0, 0.05) is 62.2 Å². The van der Waals surface area contributed by atoms with Crippen LogP contribution >= 0.6 is 0 Å². The molecule has 6 aromatic carbocycles. The SMILES string of the molecule is CC(C)(C)c1ccnc(-n2c3[c-]c(Oc4[c-]c(N5[CH-]N(Cc6cccc(C(C)(C)C)c6-c6ccccc6)c6ccc(C(C)(C)C)cc65)ccc4)ccc3c3ccccc32)c1.[Pt]. The van der Waals surface area contributed by atoms with Crippen molar-refractivity contribution in [3.8, 4) is 28.4 Å². The van der Waals surface area contributed by atoms with Crippen molar-refractivity contribution in [1.82, 2.24) is 9.55 Å². The van der Waals surface area contributed by atoms with E-state index in [0.29, 0.717) is 18.0 Å². The molecule has 0 saturated carbocycles. The Balaban J connectivity index is 0.00000514. The molecule has 0 atom stereocenters. The van der Waals surface area contributed by atoms with Gasteiger partial charge in [-0.05, 0) is 85.3 Å². The Morgan fingerprint density at radius 1 is 0.607 bits per heavy atom. The van der Waals surface area contributed by atoms with Crippen LogP contribution in [-0.4, -0.2) is 9.55 Å². The van der Waals surface area contributed by atoms with Gasteiger partial charge in [0.25, 0.3) is 0 Å². The van der Waals surface area contributed by atoms with Gasteiger partial charge in [0.2, 0.25) is 0 Å². The molecule has 0 N–H and O–H groups in total. The van der Waals surface area contributed by atoms with Crippen LogP contribution in [0.3, 0.4) is 0 Å². The first-order valence-corrected chi connectivity index (χ1v) is 21.0. The summed E-state index contributed by atoms with van der Waals surface area (Å²) in [4.78, 5) is 9.49. The number of hydrogen-bond acceptors (Lipinski definition) is 4. The number of aromatic nitrogens is 2. The van der Waals surface area contributed by atoms with E-state index in [4.69, 9.17) is 9.72 Å². The Hall–Kier alpha value is -5.64. The van der Waals surface area contributed by atoms with E-state index < -0.39 is 0 Å². The number of nitrogens with zero attached hydrogens (tertiary/aromatic N) is 4. The van der Waals surface area contributed by atoms with Crippen LogP contribution in [0.25, 0.3) is 38.8 Å². The average molecular weight is 981 g/mol. The molecule has 0 radical (unpaired) electrons. The summed E-state index contributed by atoms with van der Waals surface area (Å²) in [7, 11) is 0. The average Bonchev–Trinajstić information content (AvgIpc) is 3.75. The molecule has 0 unspecified atom stereocenters. The molecule has 0 spiro atoms. The Morgan fingerprint density at radius 2 is 1.31 bits per heavy atom. The first-order chi connectivity index (χ1) is 28.6. The number of ether oxygens (including phenoxy) is 1. The number of anilines is 3. The molecule has 1 aliphatic rings. The van der Waals surface area contributed by atoms with Gasteiger partial charge in [0.05, 0.1) is 0 Å². The van der Waals surface area contributed by atoms with E-state index >= 15 is 0 Å². The maximum atomic E-state index is 6.65. The van der Waals surface area contributed by atoms with E-state index in [9.17, 15) is 0 Å². The van der Waals surface area contributed by atoms with Crippen LogP contribution < -0.4 is 14.5 Å². The monoisotopic (exact) mass is 980 g/mol. The number of benzene rings is 6. The number of para-hydroxylation sites is 1. The minimum Gasteiger partial charge on any atom is -0.509 e. The third-order valence-electron chi connectivity index (χ3n) is 11.7. The van der Waals surface area contributed by atoms with Gasteiger partial charge in [0.15, 0.2) is 0 Å². The second kappa shape index (κ2) is 16.0. The number of pyridine rings is 1. The van der Waals surface area contributed by atoms with Gasteiger partial charge in [-0.2, -0.15) is 18.8 Å². The molecule has 3 heterocycles. The number of rotatable bonds is 7. The van der Waals surface area contributed by atoms with E-state index in [1.807, 2.05) is 24.4 Å². The molecule has 5 nitrogen and oxygen atoms in total. The summed E-state index contributed by atoms with van der Waals surface area (Å²) in [5.41, 5.74) is 12.8. The van der Waals surface area contributed by atoms with Crippen LogP contribution in [0.1, 0.15) is 84.6 Å². The predicted octanol–water partition coefficient (Wildman–Crippen LogP) is 14.4. The smallest absolute Gasteiger partial charge is 0.135 e. The Labute approximate surface area is 376 Å². The molecule has 0 saturated heterocycles. The normalized spacial score (nSPS) is 13.1.